The van der Waals surface area contributed by atoms with E-state index in [1.807, 2.05) is 13.1 Å². The van der Waals surface area contributed by atoms with Crippen LogP contribution in [0.2, 0.25) is 0 Å². The molecule has 1 aromatic heterocycles. The van der Waals surface area contributed by atoms with Crippen molar-refractivity contribution in [1.29, 1.82) is 0 Å². The number of rotatable bonds is 1. The highest BCUT2D eigenvalue weighted by molar-refractivity contribution is 5.48. The monoisotopic (exact) mass is 123 g/mol. The van der Waals surface area contributed by atoms with Gasteiger partial charge in [-0.2, -0.15) is 0 Å². The van der Waals surface area contributed by atoms with E-state index in [-0.39, 0.29) is 0 Å². The van der Waals surface area contributed by atoms with Gasteiger partial charge in [-0.3, -0.25) is 0 Å². The molecule has 0 amide bonds. The van der Waals surface area contributed by atoms with Crippen molar-refractivity contribution in [3.63, 3.8) is 0 Å². The van der Waals surface area contributed by atoms with Crippen LogP contribution in [-0.2, 0) is 0 Å². The van der Waals surface area contributed by atoms with Crippen LogP contribution < -0.4 is 11.1 Å². The number of nitrogens with zero attached hydrogens (tertiary/aromatic N) is 1. The van der Waals surface area contributed by atoms with Crippen LogP contribution in [0.4, 0.5) is 11.5 Å². The predicted octanol–water partition coefficient (Wildman–Crippen LogP) is 0.706. The molecule has 0 spiro atoms. The molecular weight excluding hydrogens is 114 g/mol. The summed E-state index contributed by atoms with van der Waals surface area (Å²) in [7, 11) is 1.84. The molecule has 0 radical (unpaired) electrons. The second kappa shape index (κ2) is 2.35. The van der Waals surface area contributed by atoms with Crippen LogP contribution in [0, 0.1) is 0 Å². The van der Waals surface area contributed by atoms with Gasteiger partial charge in [0, 0.05) is 25.0 Å². The Kier molecular flexibility index (Phi) is 1.53. The normalized spacial score (nSPS) is 9.00. The smallest absolute Gasteiger partial charge is 0.125 e. The summed E-state index contributed by atoms with van der Waals surface area (Å²) in [5.41, 5.74) is 6.37. The molecule has 1 aromatic rings. The Bertz CT molecular complexity index is 197. The first-order valence-electron chi connectivity index (χ1n) is 2.72. The number of pyridine rings is 1. The molecule has 0 aliphatic heterocycles. The lowest BCUT2D eigenvalue weighted by atomic mass is 10.4. The third kappa shape index (κ3) is 1.32. The standard InChI is InChI=1S/C6H9N3/c1-8-5-2-3-9-6(7)4-5/h2-4H,1H3,(H3,7,8,9). The van der Waals surface area contributed by atoms with Gasteiger partial charge in [-0.25, -0.2) is 4.98 Å². The maximum absolute atomic E-state index is 5.38. The maximum Gasteiger partial charge on any atom is 0.125 e. The average Bonchev–Trinajstić information content (AvgIpc) is 1.88. The van der Waals surface area contributed by atoms with Gasteiger partial charge in [0.15, 0.2) is 0 Å². The van der Waals surface area contributed by atoms with Crippen LogP contribution in [0.25, 0.3) is 0 Å². The van der Waals surface area contributed by atoms with Crippen LogP contribution in [0.1, 0.15) is 0 Å². The largest absolute Gasteiger partial charge is 0.388 e. The molecule has 3 nitrogen and oxygen atoms in total. The van der Waals surface area contributed by atoms with Crippen molar-refractivity contribution in [2.24, 2.45) is 0 Å². The Morgan fingerprint density at radius 3 is 2.89 bits per heavy atom. The third-order valence-corrected chi connectivity index (χ3v) is 1.07. The molecule has 0 saturated carbocycles. The molecule has 3 heteroatoms. The highest BCUT2D eigenvalue weighted by Gasteiger charge is 1.86. The number of nitrogens with one attached hydrogen (secondary N) is 1. The highest BCUT2D eigenvalue weighted by atomic mass is 14.9. The summed E-state index contributed by atoms with van der Waals surface area (Å²) in [5, 5.41) is 2.95. The zero-order chi connectivity index (χ0) is 6.69. The van der Waals surface area contributed by atoms with E-state index in [0.29, 0.717) is 5.82 Å². The quantitative estimate of drug-likeness (QED) is 0.578. The minimum atomic E-state index is 0.543. The van der Waals surface area contributed by atoms with E-state index in [1.165, 1.54) is 0 Å². The molecule has 0 fully saturated rings. The second-order valence-electron chi connectivity index (χ2n) is 1.72. The van der Waals surface area contributed by atoms with E-state index >= 15 is 0 Å². The van der Waals surface area contributed by atoms with Crippen LogP contribution in [0.5, 0.6) is 0 Å². The molecule has 1 heterocycles. The average molecular weight is 123 g/mol. The Labute approximate surface area is 53.9 Å². The fourth-order valence-corrected chi connectivity index (χ4v) is 0.604. The van der Waals surface area contributed by atoms with E-state index in [0.717, 1.165) is 5.69 Å². The van der Waals surface area contributed by atoms with Gasteiger partial charge in [-0.05, 0) is 6.07 Å². The number of nitrogens with two attached hydrogens (primary N) is 1. The molecule has 0 bridgehead atoms. The summed E-state index contributed by atoms with van der Waals surface area (Å²) in [4.78, 5) is 3.83. The fourth-order valence-electron chi connectivity index (χ4n) is 0.604. The first-order valence-corrected chi connectivity index (χ1v) is 2.72. The molecule has 0 saturated heterocycles. The number of anilines is 2. The van der Waals surface area contributed by atoms with Gasteiger partial charge in [0.2, 0.25) is 0 Å². The van der Waals surface area contributed by atoms with E-state index in [4.69, 9.17) is 5.73 Å². The van der Waals surface area contributed by atoms with Gasteiger partial charge in [0.1, 0.15) is 5.82 Å². The van der Waals surface area contributed by atoms with Gasteiger partial charge >= 0.3 is 0 Å². The van der Waals surface area contributed by atoms with E-state index in [2.05, 4.69) is 10.3 Å². The Hall–Kier alpha value is -1.25. The van der Waals surface area contributed by atoms with Gasteiger partial charge in [-0.1, -0.05) is 0 Å². The fraction of sp³-hybridized carbons (Fsp3) is 0.167. The Balaban J connectivity index is 2.94. The second-order valence-corrected chi connectivity index (χ2v) is 1.72. The van der Waals surface area contributed by atoms with Crippen LogP contribution in [-0.4, -0.2) is 12.0 Å². The van der Waals surface area contributed by atoms with Crippen molar-refractivity contribution in [3.05, 3.63) is 18.3 Å². The van der Waals surface area contributed by atoms with Crippen molar-refractivity contribution < 1.29 is 0 Å². The summed E-state index contributed by atoms with van der Waals surface area (Å²) in [5.74, 6) is 0.543. The van der Waals surface area contributed by atoms with Crippen molar-refractivity contribution in [1.82, 2.24) is 4.98 Å². The SMILES string of the molecule is CNc1ccnc(N)c1. The zero-order valence-electron chi connectivity index (χ0n) is 5.26. The topological polar surface area (TPSA) is 50.9 Å². The molecule has 1 rings (SSSR count). The van der Waals surface area contributed by atoms with Gasteiger partial charge in [0.05, 0.1) is 0 Å². The van der Waals surface area contributed by atoms with Crippen molar-refractivity contribution in [3.8, 4) is 0 Å². The summed E-state index contributed by atoms with van der Waals surface area (Å²) in [6.07, 6.45) is 1.67. The van der Waals surface area contributed by atoms with Crippen molar-refractivity contribution in [2.75, 3.05) is 18.1 Å². The van der Waals surface area contributed by atoms with Crippen molar-refractivity contribution >= 4 is 11.5 Å². The predicted molar refractivity (Wildman–Crippen MR) is 38.2 cm³/mol. The molecule has 0 unspecified atom stereocenters. The molecule has 3 N–H and O–H groups in total. The minimum absolute atomic E-state index is 0.543. The maximum atomic E-state index is 5.38. The van der Waals surface area contributed by atoms with Crippen LogP contribution in [0.15, 0.2) is 18.3 Å². The lowest BCUT2D eigenvalue weighted by molar-refractivity contribution is 1.32. The van der Waals surface area contributed by atoms with Gasteiger partial charge in [0.25, 0.3) is 0 Å². The summed E-state index contributed by atoms with van der Waals surface area (Å²) in [6, 6.07) is 3.64. The first-order chi connectivity index (χ1) is 4.33. The minimum Gasteiger partial charge on any atom is -0.388 e. The number of hydrogen-bond donors (Lipinski definition) is 2. The molecule has 0 atom stereocenters. The molecule has 9 heavy (non-hydrogen) atoms. The molecule has 0 aliphatic carbocycles. The summed E-state index contributed by atoms with van der Waals surface area (Å²) >= 11 is 0. The van der Waals surface area contributed by atoms with E-state index in [9.17, 15) is 0 Å². The molecule has 0 aromatic carbocycles. The van der Waals surface area contributed by atoms with Gasteiger partial charge < -0.3 is 11.1 Å². The van der Waals surface area contributed by atoms with Gasteiger partial charge in [-0.15, -0.1) is 0 Å². The third-order valence-electron chi connectivity index (χ3n) is 1.07. The summed E-state index contributed by atoms with van der Waals surface area (Å²) < 4.78 is 0. The van der Waals surface area contributed by atoms with Crippen molar-refractivity contribution in [2.45, 2.75) is 0 Å². The van der Waals surface area contributed by atoms with E-state index < -0.39 is 0 Å². The number of nitrogen functional groups attached to an aromatic ring is 1. The van der Waals surface area contributed by atoms with Crippen LogP contribution in [0.3, 0.4) is 0 Å². The summed E-state index contributed by atoms with van der Waals surface area (Å²) in [6.45, 7) is 0. The van der Waals surface area contributed by atoms with Crippen LogP contribution >= 0.6 is 0 Å². The molecule has 0 aliphatic rings. The number of hydrogen-bond acceptors (Lipinski definition) is 3. The molecule has 48 valence electrons. The Morgan fingerprint density at radius 2 is 2.44 bits per heavy atom. The lowest BCUT2D eigenvalue weighted by Gasteiger charge is -1.97. The van der Waals surface area contributed by atoms with E-state index in [1.54, 1.807) is 12.3 Å². The first kappa shape index (κ1) is 5.88. The molecular formula is C6H9N3. The Morgan fingerprint density at radius 1 is 1.67 bits per heavy atom. The zero-order valence-corrected chi connectivity index (χ0v) is 5.26. The number of aromatic nitrogens is 1. The highest BCUT2D eigenvalue weighted by Crippen LogP contribution is 2.06. The lowest BCUT2D eigenvalue weighted by Crippen LogP contribution is -1.92.